The Balaban J connectivity index is 2.23. The number of allylic oxidation sites excluding steroid dienone is 1. The number of rotatable bonds is 3. The first kappa shape index (κ1) is 9.23. The van der Waals surface area contributed by atoms with Crippen LogP contribution in [-0.2, 0) is 4.79 Å². The van der Waals surface area contributed by atoms with Crippen LogP contribution in [0.5, 0.6) is 0 Å². The standard InChI is InChI=1S/C9H13IO/c10-6-5-9(11)7-8-3-1-2-4-8/h5-6,8H,1-4,7H2. The lowest BCUT2D eigenvalue weighted by Gasteiger charge is -2.03. The highest BCUT2D eigenvalue weighted by Crippen LogP contribution is 2.27. The summed E-state index contributed by atoms with van der Waals surface area (Å²) in [6, 6.07) is 0. The third-order valence-electron chi connectivity index (χ3n) is 2.21. The first-order chi connectivity index (χ1) is 5.33. The molecular weight excluding hydrogens is 251 g/mol. The minimum Gasteiger partial charge on any atom is -0.295 e. The van der Waals surface area contributed by atoms with E-state index in [2.05, 4.69) is 22.6 Å². The number of carbonyl (C=O) groups excluding carboxylic acids is 1. The van der Waals surface area contributed by atoms with E-state index in [0.29, 0.717) is 11.7 Å². The molecule has 0 aromatic heterocycles. The highest BCUT2D eigenvalue weighted by molar-refractivity contribution is 14.1. The third-order valence-corrected chi connectivity index (χ3v) is 2.57. The molecule has 0 aromatic carbocycles. The van der Waals surface area contributed by atoms with Crippen LogP contribution in [0.3, 0.4) is 0 Å². The first-order valence-corrected chi connectivity index (χ1v) is 5.37. The van der Waals surface area contributed by atoms with Crippen molar-refractivity contribution >= 4 is 28.4 Å². The number of carbonyl (C=O) groups is 1. The summed E-state index contributed by atoms with van der Waals surface area (Å²) in [4.78, 5) is 11.1. The quantitative estimate of drug-likeness (QED) is 0.565. The van der Waals surface area contributed by atoms with Crippen molar-refractivity contribution in [2.75, 3.05) is 0 Å². The monoisotopic (exact) mass is 264 g/mol. The number of ketones is 1. The second kappa shape index (κ2) is 4.91. The van der Waals surface area contributed by atoms with Crippen molar-refractivity contribution in [1.82, 2.24) is 0 Å². The van der Waals surface area contributed by atoms with Gasteiger partial charge in [0.15, 0.2) is 5.78 Å². The molecule has 0 aliphatic heterocycles. The van der Waals surface area contributed by atoms with Crippen LogP contribution in [-0.4, -0.2) is 5.78 Å². The fourth-order valence-electron chi connectivity index (χ4n) is 1.64. The van der Waals surface area contributed by atoms with Gasteiger partial charge in [-0.2, -0.15) is 0 Å². The smallest absolute Gasteiger partial charge is 0.156 e. The molecule has 11 heavy (non-hydrogen) atoms. The van der Waals surface area contributed by atoms with Crippen LogP contribution in [0.4, 0.5) is 0 Å². The minimum absolute atomic E-state index is 0.298. The van der Waals surface area contributed by atoms with E-state index < -0.39 is 0 Å². The van der Waals surface area contributed by atoms with Crippen LogP contribution in [0.15, 0.2) is 10.2 Å². The van der Waals surface area contributed by atoms with Gasteiger partial charge < -0.3 is 0 Å². The molecule has 1 rings (SSSR count). The molecule has 0 spiro atoms. The summed E-state index contributed by atoms with van der Waals surface area (Å²) >= 11 is 2.09. The van der Waals surface area contributed by atoms with Crippen molar-refractivity contribution in [3.05, 3.63) is 10.2 Å². The second-order valence-corrected chi connectivity index (χ2v) is 3.83. The van der Waals surface area contributed by atoms with E-state index in [1.54, 1.807) is 10.2 Å². The van der Waals surface area contributed by atoms with Crippen molar-refractivity contribution in [2.45, 2.75) is 32.1 Å². The van der Waals surface area contributed by atoms with Crippen LogP contribution < -0.4 is 0 Å². The van der Waals surface area contributed by atoms with Crippen molar-refractivity contribution < 1.29 is 4.79 Å². The van der Waals surface area contributed by atoms with Gasteiger partial charge in [-0.25, -0.2) is 0 Å². The van der Waals surface area contributed by atoms with E-state index in [-0.39, 0.29) is 0 Å². The zero-order valence-electron chi connectivity index (χ0n) is 6.55. The lowest BCUT2D eigenvalue weighted by atomic mass is 10.0. The maximum absolute atomic E-state index is 11.1. The van der Waals surface area contributed by atoms with Gasteiger partial charge in [-0.3, -0.25) is 4.79 Å². The lowest BCUT2D eigenvalue weighted by Crippen LogP contribution is -2.01. The fourth-order valence-corrected chi connectivity index (χ4v) is 2.04. The largest absolute Gasteiger partial charge is 0.295 e. The molecule has 2 heteroatoms. The zero-order valence-corrected chi connectivity index (χ0v) is 8.71. The van der Waals surface area contributed by atoms with Crippen LogP contribution in [0.1, 0.15) is 32.1 Å². The molecule has 0 atom stereocenters. The molecule has 0 N–H and O–H groups in total. The molecule has 0 bridgehead atoms. The topological polar surface area (TPSA) is 17.1 Å². The van der Waals surface area contributed by atoms with Gasteiger partial charge in [-0.05, 0) is 16.1 Å². The average molecular weight is 264 g/mol. The van der Waals surface area contributed by atoms with E-state index in [4.69, 9.17) is 0 Å². The maximum atomic E-state index is 11.1. The van der Waals surface area contributed by atoms with Gasteiger partial charge >= 0.3 is 0 Å². The van der Waals surface area contributed by atoms with Gasteiger partial charge in [0.2, 0.25) is 0 Å². The Morgan fingerprint density at radius 1 is 1.45 bits per heavy atom. The summed E-state index contributed by atoms with van der Waals surface area (Å²) < 4.78 is 1.80. The van der Waals surface area contributed by atoms with Crippen LogP contribution >= 0.6 is 22.6 Å². The average Bonchev–Trinajstić information content (AvgIpc) is 2.40. The summed E-state index contributed by atoms with van der Waals surface area (Å²) in [5, 5.41) is 0. The number of hydrogen-bond acceptors (Lipinski definition) is 1. The van der Waals surface area contributed by atoms with Gasteiger partial charge in [0, 0.05) is 6.42 Å². The molecule has 1 nitrogen and oxygen atoms in total. The minimum atomic E-state index is 0.298. The molecule has 0 saturated heterocycles. The predicted octanol–water partition coefficient (Wildman–Crippen LogP) is 3.08. The first-order valence-electron chi connectivity index (χ1n) is 4.12. The van der Waals surface area contributed by atoms with Gasteiger partial charge in [0.25, 0.3) is 0 Å². The molecule has 0 unspecified atom stereocenters. The normalized spacial score (nSPS) is 19.7. The van der Waals surface area contributed by atoms with E-state index >= 15 is 0 Å². The van der Waals surface area contributed by atoms with Gasteiger partial charge in [-0.15, -0.1) is 0 Å². The molecule has 1 fully saturated rings. The molecule has 0 amide bonds. The second-order valence-electron chi connectivity index (χ2n) is 3.11. The summed E-state index contributed by atoms with van der Waals surface area (Å²) in [6.07, 6.45) is 7.64. The lowest BCUT2D eigenvalue weighted by molar-refractivity contribution is -0.115. The van der Waals surface area contributed by atoms with Gasteiger partial charge in [-0.1, -0.05) is 48.3 Å². The van der Waals surface area contributed by atoms with Crippen molar-refractivity contribution in [3.63, 3.8) is 0 Å². The van der Waals surface area contributed by atoms with Gasteiger partial charge in [0.05, 0.1) is 0 Å². The van der Waals surface area contributed by atoms with E-state index in [1.165, 1.54) is 25.7 Å². The summed E-state index contributed by atoms with van der Waals surface area (Å²) in [7, 11) is 0. The highest BCUT2D eigenvalue weighted by atomic mass is 127. The molecule has 0 heterocycles. The van der Waals surface area contributed by atoms with Crippen LogP contribution in [0, 0.1) is 5.92 Å². The Morgan fingerprint density at radius 2 is 2.09 bits per heavy atom. The zero-order chi connectivity index (χ0) is 8.10. The third kappa shape index (κ3) is 3.36. The fraction of sp³-hybridized carbons (Fsp3) is 0.667. The highest BCUT2D eigenvalue weighted by Gasteiger charge is 2.16. The Hall–Kier alpha value is 0.140. The van der Waals surface area contributed by atoms with E-state index in [9.17, 15) is 4.79 Å². The molecule has 1 saturated carbocycles. The predicted molar refractivity (Wildman–Crippen MR) is 54.7 cm³/mol. The summed E-state index contributed by atoms with van der Waals surface area (Å²) in [5.41, 5.74) is 0. The number of halogens is 1. The summed E-state index contributed by atoms with van der Waals surface area (Å²) in [5.74, 6) is 0.987. The van der Waals surface area contributed by atoms with Crippen molar-refractivity contribution in [1.29, 1.82) is 0 Å². The molecular formula is C9H13IO. The SMILES string of the molecule is O=C(C=CI)CC1CCCC1. The molecule has 0 aromatic rings. The molecule has 62 valence electrons. The number of hydrogen-bond donors (Lipinski definition) is 0. The van der Waals surface area contributed by atoms with Crippen LogP contribution in [0.2, 0.25) is 0 Å². The Labute approximate surface area is 81.4 Å². The summed E-state index contributed by atoms with van der Waals surface area (Å²) in [6.45, 7) is 0. The molecule has 1 aliphatic carbocycles. The van der Waals surface area contributed by atoms with Crippen molar-refractivity contribution in [2.24, 2.45) is 5.92 Å². The maximum Gasteiger partial charge on any atom is 0.156 e. The van der Waals surface area contributed by atoms with Crippen LogP contribution in [0.25, 0.3) is 0 Å². The molecule has 1 aliphatic rings. The Morgan fingerprint density at radius 3 is 2.64 bits per heavy atom. The van der Waals surface area contributed by atoms with Crippen molar-refractivity contribution in [3.8, 4) is 0 Å². The van der Waals surface area contributed by atoms with E-state index in [0.717, 1.165) is 6.42 Å². The van der Waals surface area contributed by atoms with Gasteiger partial charge in [0.1, 0.15) is 0 Å². The van der Waals surface area contributed by atoms with E-state index in [1.807, 2.05) is 0 Å². The molecule has 0 radical (unpaired) electrons. The Kier molecular flexibility index (Phi) is 4.12. The Bertz CT molecular complexity index is 157.